The van der Waals surface area contributed by atoms with Gasteiger partial charge in [-0.1, -0.05) is 26.7 Å². The molecule has 0 amide bonds. The molecule has 1 aliphatic carbocycles. The fraction of sp³-hybridized carbons (Fsp3) is 0.812. The zero-order chi connectivity index (χ0) is 13.8. The number of hydrogen-bond donors (Lipinski definition) is 1. The van der Waals surface area contributed by atoms with Crippen molar-refractivity contribution in [3.63, 3.8) is 0 Å². The van der Waals surface area contributed by atoms with Crippen LogP contribution in [0.15, 0.2) is 0 Å². The Hall–Kier alpha value is -0.410. The first-order valence-electron chi connectivity index (χ1n) is 7.80. The van der Waals surface area contributed by atoms with E-state index >= 15 is 0 Å². The Morgan fingerprint density at radius 1 is 1.32 bits per heavy atom. The molecule has 3 heteroatoms. The van der Waals surface area contributed by atoms with Gasteiger partial charge in [0.25, 0.3) is 0 Å². The van der Waals surface area contributed by atoms with Gasteiger partial charge in [-0.05, 0) is 45.1 Å². The van der Waals surface area contributed by atoms with E-state index in [1.807, 2.05) is 11.3 Å². The molecule has 3 atom stereocenters. The smallest absolute Gasteiger partial charge is 0.0946 e. The fourth-order valence-corrected chi connectivity index (χ4v) is 4.32. The van der Waals surface area contributed by atoms with Crippen LogP contribution in [-0.4, -0.2) is 17.6 Å². The van der Waals surface area contributed by atoms with Gasteiger partial charge in [-0.25, -0.2) is 4.98 Å². The van der Waals surface area contributed by atoms with Crippen molar-refractivity contribution in [2.45, 2.75) is 65.8 Å². The third-order valence-electron chi connectivity index (χ3n) is 4.66. The lowest BCUT2D eigenvalue weighted by atomic mass is 9.93. The molecule has 1 heterocycles. The van der Waals surface area contributed by atoms with Gasteiger partial charge in [0.05, 0.1) is 10.7 Å². The van der Waals surface area contributed by atoms with Gasteiger partial charge >= 0.3 is 0 Å². The van der Waals surface area contributed by atoms with E-state index in [9.17, 15) is 0 Å². The number of nitrogens with zero attached hydrogens (tertiary/aromatic N) is 1. The molecule has 0 bridgehead atoms. The highest BCUT2D eigenvalue weighted by atomic mass is 32.1. The Labute approximate surface area is 122 Å². The molecular formula is C16H28N2S. The molecular weight excluding hydrogens is 252 g/mol. The van der Waals surface area contributed by atoms with Crippen LogP contribution in [-0.2, 0) is 6.42 Å². The van der Waals surface area contributed by atoms with Crippen molar-refractivity contribution in [1.29, 1.82) is 0 Å². The lowest BCUT2D eigenvalue weighted by Crippen LogP contribution is -2.37. The summed E-state index contributed by atoms with van der Waals surface area (Å²) < 4.78 is 0. The van der Waals surface area contributed by atoms with Crippen molar-refractivity contribution in [3.05, 3.63) is 15.6 Å². The molecule has 2 nitrogen and oxygen atoms in total. The third-order valence-corrected chi connectivity index (χ3v) is 5.76. The van der Waals surface area contributed by atoms with Crippen LogP contribution < -0.4 is 5.32 Å². The molecule has 1 aromatic heterocycles. The van der Waals surface area contributed by atoms with Crippen molar-refractivity contribution in [3.8, 4) is 0 Å². The summed E-state index contributed by atoms with van der Waals surface area (Å²) in [5.41, 5.74) is 1.22. The van der Waals surface area contributed by atoms with E-state index in [0.29, 0.717) is 6.04 Å². The monoisotopic (exact) mass is 280 g/mol. The molecule has 0 spiro atoms. The number of hydrogen-bond acceptors (Lipinski definition) is 3. The van der Waals surface area contributed by atoms with E-state index in [1.165, 1.54) is 41.3 Å². The number of aryl methyl sites for hydroxylation is 2. The summed E-state index contributed by atoms with van der Waals surface area (Å²) in [4.78, 5) is 6.10. The van der Waals surface area contributed by atoms with Crippen LogP contribution in [0.1, 0.15) is 55.1 Å². The summed E-state index contributed by atoms with van der Waals surface area (Å²) >= 11 is 1.88. The molecule has 1 aliphatic rings. The highest BCUT2D eigenvalue weighted by Crippen LogP contribution is 2.36. The molecule has 2 rings (SSSR count). The second kappa shape index (κ2) is 6.85. The zero-order valence-corrected chi connectivity index (χ0v) is 13.6. The second-order valence-electron chi connectivity index (χ2n) is 5.96. The van der Waals surface area contributed by atoms with Gasteiger partial charge < -0.3 is 5.32 Å². The Morgan fingerprint density at radius 2 is 2.11 bits per heavy atom. The van der Waals surface area contributed by atoms with Gasteiger partial charge in [-0.3, -0.25) is 0 Å². The lowest BCUT2D eigenvalue weighted by molar-refractivity contribution is 0.348. The van der Waals surface area contributed by atoms with Gasteiger partial charge in [0.1, 0.15) is 0 Å². The van der Waals surface area contributed by atoms with Gasteiger partial charge in [0.2, 0.25) is 0 Å². The quantitative estimate of drug-likeness (QED) is 0.848. The first kappa shape index (κ1) is 15.0. The predicted octanol–water partition coefficient (Wildman–Crippen LogP) is 4.11. The summed E-state index contributed by atoms with van der Waals surface area (Å²) in [7, 11) is 0. The van der Waals surface area contributed by atoms with Crippen LogP contribution in [0.3, 0.4) is 0 Å². The lowest BCUT2D eigenvalue weighted by Gasteiger charge is -2.23. The van der Waals surface area contributed by atoms with Gasteiger partial charge in [0.15, 0.2) is 0 Å². The van der Waals surface area contributed by atoms with E-state index in [1.54, 1.807) is 0 Å². The van der Waals surface area contributed by atoms with Crippen LogP contribution in [0.25, 0.3) is 0 Å². The molecule has 108 valence electrons. The largest absolute Gasteiger partial charge is 0.314 e. The number of likely N-dealkylation sites (N-methyl/N-ethyl adjacent to an activating group) is 1. The third kappa shape index (κ3) is 3.79. The van der Waals surface area contributed by atoms with E-state index in [4.69, 9.17) is 4.98 Å². The molecule has 3 unspecified atom stereocenters. The van der Waals surface area contributed by atoms with Crippen molar-refractivity contribution < 1.29 is 0 Å². The zero-order valence-electron chi connectivity index (χ0n) is 12.8. The number of aromatic nitrogens is 1. The van der Waals surface area contributed by atoms with Crippen LogP contribution in [0.2, 0.25) is 0 Å². The summed E-state index contributed by atoms with van der Waals surface area (Å²) in [6.07, 6.45) is 6.72. The number of nitrogens with one attached hydrogen (secondary N) is 1. The summed E-state index contributed by atoms with van der Waals surface area (Å²) in [6, 6.07) is 0.631. The molecule has 1 N–H and O–H groups in total. The highest BCUT2D eigenvalue weighted by Gasteiger charge is 2.30. The number of thiazole rings is 1. The number of rotatable bonds is 6. The molecule has 0 aliphatic heterocycles. The minimum absolute atomic E-state index is 0.631. The molecule has 1 aromatic rings. The van der Waals surface area contributed by atoms with Crippen LogP contribution in [0.4, 0.5) is 0 Å². The van der Waals surface area contributed by atoms with Crippen molar-refractivity contribution in [1.82, 2.24) is 10.3 Å². The summed E-state index contributed by atoms with van der Waals surface area (Å²) in [5.74, 6) is 1.82. The molecule has 0 aromatic carbocycles. The molecule has 19 heavy (non-hydrogen) atoms. The minimum atomic E-state index is 0.631. The van der Waals surface area contributed by atoms with Crippen LogP contribution >= 0.6 is 11.3 Å². The van der Waals surface area contributed by atoms with E-state index < -0.39 is 0 Å². The summed E-state index contributed by atoms with van der Waals surface area (Å²) in [5, 5.41) is 5.03. The van der Waals surface area contributed by atoms with Gasteiger partial charge in [-0.15, -0.1) is 11.3 Å². The maximum Gasteiger partial charge on any atom is 0.0946 e. The minimum Gasteiger partial charge on any atom is -0.314 e. The fourth-order valence-electron chi connectivity index (χ4n) is 3.33. The van der Waals surface area contributed by atoms with Crippen molar-refractivity contribution in [2.24, 2.45) is 11.8 Å². The highest BCUT2D eigenvalue weighted by molar-refractivity contribution is 7.11. The Kier molecular flexibility index (Phi) is 5.40. The Balaban J connectivity index is 1.99. The van der Waals surface area contributed by atoms with Crippen LogP contribution in [0.5, 0.6) is 0 Å². The first-order chi connectivity index (χ1) is 9.13. The maximum absolute atomic E-state index is 4.72. The van der Waals surface area contributed by atoms with Crippen molar-refractivity contribution in [2.75, 3.05) is 6.54 Å². The molecule has 0 saturated heterocycles. The standard InChI is InChI=1S/C16H28N2S/c1-5-13-7-8-14(9-13)15(17-6-2)10-16-18-11(3)12(4)19-16/h13-15,17H,5-10H2,1-4H3. The van der Waals surface area contributed by atoms with Gasteiger partial charge in [-0.2, -0.15) is 0 Å². The Bertz CT molecular complexity index is 380. The summed E-state index contributed by atoms with van der Waals surface area (Å²) in [6.45, 7) is 9.93. The molecule has 1 fully saturated rings. The van der Waals surface area contributed by atoms with Crippen molar-refractivity contribution >= 4 is 11.3 Å². The average Bonchev–Trinajstić information content (AvgIpc) is 2.97. The SMILES string of the molecule is CCNC(Cc1nc(C)c(C)s1)C1CCC(CC)C1. The van der Waals surface area contributed by atoms with E-state index in [2.05, 4.69) is 33.0 Å². The molecule has 0 radical (unpaired) electrons. The van der Waals surface area contributed by atoms with E-state index in [-0.39, 0.29) is 0 Å². The Morgan fingerprint density at radius 3 is 2.63 bits per heavy atom. The molecule has 1 saturated carbocycles. The topological polar surface area (TPSA) is 24.9 Å². The van der Waals surface area contributed by atoms with Crippen LogP contribution in [0, 0.1) is 25.7 Å². The normalized spacial score (nSPS) is 24.8. The maximum atomic E-state index is 4.72. The van der Waals surface area contributed by atoms with Gasteiger partial charge in [0, 0.05) is 17.3 Å². The van der Waals surface area contributed by atoms with E-state index in [0.717, 1.165) is 24.8 Å². The first-order valence-corrected chi connectivity index (χ1v) is 8.61. The predicted molar refractivity (Wildman–Crippen MR) is 83.9 cm³/mol. The average molecular weight is 280 g/mol. The second-order valence-corrected chi connectivity index (χ2v) is 7.25.